The summed E-state index contributed by atoms with van der Waals surface area (Å²) in [5.74, 6) is -0.404. The Morgan fingerprint density at radius 3 is 2.54 bits per heavy atom. The van der Waals surface area contributed by atoms with Gasteiger partial charge in [-0.1, -0.05) is 51.1 Å². The number of carbonyl (C=O) groups excluding carboxylic acids is 1. The van der Waals surface area contributed by atoms with E-state index in [-0.39, 0.29) is 23.7 Å². The lowest BCUT2D eigenvalue weighted by atomic mass is 9.50. The fourth-order valence-corrected chi connectivity index (χ4v) is 5.57. The quantitative estimate of drug-likeness (QED) is 0.601. The number of aliphatic hydroxyl groups excluding tert-OH is 1. The lowest BCUT2D eigenvalue weighted by Crippen LogP contribution is -2.64. The summed E-state index contributed by atoms with van der Waals surface area (Å²) in [5, 5.41) is 22.2. The Labute approximate surface area is 168 Å². The molecular weight excluding hydrogens is 352 g/mol. The highest BCUT2D eigenvalue weighted by Gasteiger charge is 2.61. The van der Waals surface area contributed by atoms with Crippen LogP contribution in [0.4, 0.5) is 0 Å². The van der Waals surface area contributed by atoms with Crippen LogP contribution < -0.4 is 0 Å². The van der Waals surface area contributed by atoms with E-state index in [0.717, 1.165) is 18.4 Å². The molecular formula is C24H34O4. The third kappa shape index (κ3) is 4.04. The van der Waals surface area contributed by atoms with E-state index in [1.165, 1.54) is 6.08 Å². The zero-order chi connectivity index (χ0) is 20.5. The molecule has 2 saturated carbocycles. The summed E-state index contributed by atoms with van der Waals surface area (Å²) in [7, 11) is 0. The number of hydrogen-bond donors (Lipinski definition) is 2. The first-order valence-electron chi connectivity index (χ1n) is 10.5. The zero-order valence-electron chi connectivity index (χ0n) is 17.5. The van der Waals surface area contributed by atoms with Crippen LogP contribution in [0.1, 0.15) is 58.9 Å². The molecule has 0 bridgehead atoms. The van der Waals surface area contributed by atoms with Crippen molar-refractivity contribution >= 4 is 12.0 Å². The van der Waals surface area contributed by atoms with E-state index in [2.05, 4.69) is 13.8 Å². The van der Waals surface area contributed by atoms with Crippen LogP contribution in [0.2, 0.25) is 0 Å². The first-order chi connectivity index (χ1) is 13.1. The molecule has 0 saturated heterocycles. The van der Waals surface area contributed by atoms with Crippen molar-refractivity contribution in [2.75, 3.05) is 0 Å². The SMILES string of the molecule is CC(C)[C@@H]1C[C@H](O)[C@@]2(C)CCC[C@](C)(O)[C@@H]2[C@@H]1OC(=O)/C=C/c1ccccc1. The number of ether oxygens (including phenoxy) is 1. The molecule has 0 aliphatic heterocycles. The van der Waals surface area contributed by atoms with Gasteiger partial charge in [0.15, 0.2) is 0 Å². The largest absolute Gasteiger partial charge is 0.458 e. The normalized spacial score (nSPS) is 38.4. The van der Waals surface area contributed by atoms with Crippen LogP contribution >= 0.6 is 0 Å². The van der Waals surface area contributed by atoms with Crippen LogP contribution in [0.25, 0.3) is 6.08 Å². The molecule has 0 radical (unpaired) electrons. The number of carbonyl (C=O) groups is 1. The van der Waals surface area contributed by atoms with Gasteiger partial charge < -0.3 is 14.9 Å². The summed E-state index contributed by atoms with van der Waals surface area (Å²) in [4.78, 5) is 12.7. The van der Waals surface area contributed by atoms with E-state index in [1.54, 1.807) is 6.08 Å². The molecule has 154 valence electrons. The maximum atomic E-state index is 12.7. The molecule has 4 heteroatoms. The van der Waals surface area contributed by atoms with E-state index in [4.69, 9.17) is 4.74 Å². The fraction of sp³-hybridized carbons (Fsp3) is 0.625. The molecule has 2 N–H and O–H groups in total. The highest BCUT2D eigenvalue weighted by molar-refractivity contribution is 5.87. The fourth-order valence-electron chi connectivity index (χ4n) is 5.57. The van der Waals surface area contributed by atoms with Gasteiger partial charge in [0.2, 0.25) is 0 Å². The maximum absolute atomic E-state index is 12.7. The van der Waals surface area contributed by atoms with E-state index in [0.29, 0.717) is 12.8 Å². The first-order valence-corrected chi connectivity index (χ1v) is 10.5. The van der Waals surface area contributed by atoms with Crippen molar-refractivity contribution in [1.29, 1.82) is 0 Å². The minimum absolute atomic E-state index is 0.0201. The second-order valence-corrected chi connectivity index (χ2v) is 9.50. The molecule has 4 nitrogen and oxygen atoms in total. The van der Waals surface area contributed by atoms with Gasteiger partial charge in [-0.25, -0.2) is 4.79 Å². The molecule has 2 aliphatic carbocycles. The van der Waals surface area contributed by atoms with Gasteiger partial charge in [-0.3, -0.25) is 0 Å². The number of hydrogen-bond acceptors (Lipinski definition) is 4. The van der Waals surface area contributed by atoms with Gasteiger partial charge in [0.25, 0.3) is 0 Å². The topological polar surface area (TPSA) is 66.8 Å². The highest BCUT2D eigenvalue weighted by atomic mass is 16.5. The number of esters is 1. The Kier molecular flexibility index (Phi) is 6.02. The lowest BCUT2D eigenvalue weighted by molar-refractivity contribution is -0.230. The average molecular weight is 387 g/mol. The van der Waals surface area contributed by atoms with Crippen molar-refractivity contribution in [3.05, 3.63) is 42.0 Å². The number of aliphatic hydroxyl groups is 2. The van der Waals surface area contributed by atoms with Crippen LogP contribution in [0.15, 0.2) is 36.4 Å². The summed E-state index contributed by atoms with van der Waals surface area (Å²) in [6.07, 6.45) is 5.30. The van der Waals surface area contributed by atoms with E-state index in [1.807, 2.05) is 44.2 Å². The molecule has 0 heterocycles. The van der Waals surface area contributed by atoms with Crippen LogP contribution in [-0.2, 0) is 9.53 Å². The van der Waals surface area contributed by atoms with Gasteiger partial charge in [-0.15, -0.1) is 0 Å². The Morgan fingerprint density at radius 2 is 1.89 bits per heavy atom. The predicted molar refractivity (Wildman–Crippen MR) is 110 cm³/mol. The molecule has 0 spiro atoms. The first kappa shape index (κ1) is 21.1. The summed E-state index contributed by atoms with van der Waals surface area (Å²) >= 11 is 0. The Balaban J connectivity index is 1.87. The Bertz CT molecular complexity index is 709. The molecule has 2 aliphatic rings. The van der Waals surface area contributed by atoms with Crippen LogP contribution in [0, 0.1) is 23.2 Å². The van der Waals surface area contributed by atoms with E-state index in [9.17, 15) is 15.0 Å². The highest BCUT2D eigenvalue weighted by Crippen LogP contribution is 2.57. The molecule has 3 rings (SSSR count). The molecule has 0 aromatic heterocycles. The minimum Gasteiger partial charge on any atom is -0.458 e. The number of rotatable bonds is 4. The van der Waals surface area contributed by atoms with Crippen molar-refractivity contribution in [3.8, 4) is 0 Å². The van der Waals surface area contributed by atoms with Gasteiger partial charge in [0.05, 0.1) is 11.7 Å². The van der Waals surface area contributed by atoms with Crippen molar-refractivity contribution in [3.63, 3.8) is 0 Å². The minimum atomic E-state index is -0.963. The van der Waals surface area contributed by atoms with Crippen molar-refractivity contribution in [2.45, 2.75) is 71.2 Å². The molecule has 28 heavy (non-hydrogen) atoms. The number of benzene rings is 1. The van der Waals surface area contributed by atoms with Gasteiger partial charge in [0.1, 0.15) is 6.10 Å². The van der Waals surface area contributed by atoms with E-state index < -0.39 is 23.2 Å². The standard InChI is InChI=1S/C24H34O4/c1-16(2)18-15-19(25)23(3)13-8-14-24(4,27)22(23)21(18)28-20(26)12-11-17-9-6-5-7-10-17/h5-7,9-12,16,18-19,21-22,25,27H,8,13-15H2,1-4H3/b12-11+/t18-,19-,21+,22+,23+,24-/m0/s1. The number of fused-ring (bicyclic) bond motifs is 1. The van der Waals surface area contributed by atoms with Crippen molar-refractivity contribution in [2.24, 2.45) is 23.2 Å². The summed E-state index contributed by atoms with van der Waals surface area (Å²) in [6.45, 7) is 8.08. The third-order valence-corrected chi connectivity index (χ3v) is 7.11. The Morgan fingerprint density at radius 1 is 1.21 bits per heavy atom. The van der Waals surface area contributed by atoms with Crippen LogP contribution in [-0.4, -0.2) is 34.0 Å². The predicted octanol–water partition coefficient (Wildman–Crippen LogP) is 4.21. The summed E-state index contributed by atoms with van der Waals surface area (Å²) in [5.41, 5.74) is -0.468. The van der Waals surface area contributed by atoms with E-state index >= 15 is 0 Å². The van der Waals surface area contributed by atoms with Crippen LogP contribution in [0.3, 0.4) is 0 Å². The molecule has 6 atom stereocenters. The van der Waals surface area contributed by atoms with Crippen molar-refractivity contribution in [1.82, 2.24) is 0 Å². The van der Waals surface area contributed by atoms with Gasteiger partial charge >= 0.3 is 5.97 Å². The second-order valence-electron chi connectivity index (χ2n) is 9.50. The smallest absolute Gasteiger partial charge is 0.331 e. The average Bonchev–Trinajstić information content (AvgIpc) is 2.62. The molecule has 1 aromatic rings. The molecule has 2 fully saturated rings. The second kappa shape index (κ2) is 8.00. The molecule has 0 unspecified atom stereocenters. The van der Waals surface area contributed by atoms with Crippen molar-refractivity contribution < 1.29 is 19.7 Å². The van der Waals surface area contributed by atoms with Gasteiger partial charge in [0, 0.05) is 23.3 Å². The third-order valence-electron chi connectivity index (χ3n) is 7.11. The van der Waals surface area contributed by atoms with Gasteiger partial charge in [-0.2, -0.15) is 0 Å². The molecule has 0 amide bonds. The summed E-state index contributed by atoms with van der Waals surface area (Å²) < 4.78 is 6.01. The van der Waals surface area contributed by atoms with Crippen LogP contribution in [0.5, 0.6) is 0 Å². The molecule has 1 aromatic carbocycles. The maximum Gasteiger partial charge on any atom is 0.331 e. The van der Waals surface area contributed by atoms with Gasteiger partial charge in [-0.05, 0) is 50.2 Å². The summed E-state index contributed by atoms with van der Waals surface area (Å²) in [6, 6.07) is 9.64. The lowest BCUT2D eigenvalue weighted by Gasteiger charge is -2.59. The monoisotopic (exact) mass is 386 g/mol. The zero-order valence-corrected chi connectivity index (χ0v) is 17.5. The Hall–Kier alpha value is -1.65.